The molecule has 1 atom stereocenters. The number of rotatable bonds is 3. The SMILES string of the molecule is COc1cc(C)nc(N(C)C2CCCNCC2)n1. The Labute approximate surface area is 109 Å². The third-order valence-corrected chi connectivity index (χ3v) is 3.44. The first kappa shape index (κ1) is 13.1. The van der Waals surface area contributed by atoms with E-state index in [1.165, 1.54) is 12.8 Å². The minimum Gasteiger partial charge on any atom is -0.481 e. The first-order chi connectivity index (χ1) is 8.70. The maximum absolute atomic E-state index is 5.21. The average Bonchev–Trinajstić information content (AvgIpc) is 2.65. The van der Waals surface area contributed by atoms with E-state index in [0.717, 1.165) is 31.2 Å². The molecule has 5 heteroatoms. The molecule has 1 fully saturated rings. The van der Waals surface area contributed by atoms with Gasteiger partial charge in [0.2, 0.25) is 11.8 Å². The van der Waals surface area contributed by atoms with Gasteiger partial charge in [-0.1, -0.05) is 0 Å². The minimum atomic E-state index is 0.506. The van der Waals surface area contributed by atoms with Crippen LogP contribution in [0.25, 0.3) is 0 Å². The lowest BCUT2D eigenvalue weighted by Crippen LogP contribution is -2.33. The number of anilines is 1. The number of aryl methyl sites for hydroxylation is 1. The Morgan fingerprint density at radius 2 is 2.17 bits per heavy atom. The van der Waals surface area contributed by atoms with E-state index in [-0.39, 0.29) is 0 Å². The molecule has 0 bridgehead atoms. The molecule has 100 valence electrons. The van der Waals surface area contributed by atoms with Gasteiger partial charge in [-0.2, -0.15) is 4.98 Å². The van der Waals surface area contributed by atoms with E-state index in [9.17, 15) is 0 Å². The largest absolute Gasteiger partial charge is 0.481 e. The quantitative estimate of drug-likeness (QED) is 0.878. The van der Waals surface area contributed by atoms with Crippen LogP contribution >= 0.6 is 0 Å². The van der Waals surface area contributed by atoms with Gasteiger partial charge in [0, 0.05) is 24.8 Å². The van der Waals surface area contributed by atoms with Crippen LogP contribution in [0.3, 0.4) is 0 Å². The van der Waals surface area contributed by atoms with Gasteiger partial charge in [-0.25, -0.2) is 4.98 Å². The molecule has 1 saturated heterocycles. The van der Waals surface area contributed by atoms with E-state index in [0.29, 0.717) is 11.9 Å². The molecule has 1 N–H and O–H groups in total. The van der Waals surface area contributed by atoms with E-state index in [4.69, 9.17) is 4.74 Å². The summed E-state index contributed by atoms with van der Waals surface area (Å²) in [4.78, 5) is 11.1. The van der Waals surface area contributed by atoms with Crippen molar-refractivity contribution in [2.75, 3.05) is 32.1 Å². The molecule has 1 unspecified atom stereocenters. The fourth-order valence-corrected chi connectivity index (χ4v) is 2.34. The molecule has 0 aromatic carbocycles. The summed E-state index contributed by atoms with van der Waals surface area (Å²) < 4.78 is 5.21. The van der Waals surface area contributed by atoms with Crippen LogP contribution in [0, 0.1) is 6.92 Å². The Balaban J connectivity index is 2.15. The molecule has 18 heavy (non-hydrogen) atoms. The zero-order chi connectivity index (χ0) is 13.0. The second kappa shape index (κ2) is 6.00. The van der Waals surface area contributed by atoms with Crippen molar-refractivity contribution in [1.29, 1.82) is 0 Å². The molecule has 5 nitrogen and oxygen atoms in total. The normalized spacial score (nSPS) is 20.3. The number of ether oxygens (including phenoxy) is 1. The van der Waals surface area contributed by atoms with Crippen molar-refractivity contribution < 1.29 is 4.74 Å². The van der Waals surface area contributed by atoms with E-state index in [1.807, 2.05) is 13.0 Å². The first-order valence-corrected chi connectivity index (χ1v) is 6.54. The summed E-state index contributed by atoms with van der Waals surface area (Å²) in [7, 11) is 3.71. The molecule has 2 rings (SSSR count). The van der Waals surface area contributed by atoms with Gasteiger partial charge in [0.1, 0.15) is 0 Å². The van der Waals surface area contributed by atoms with Gasteiger partial charge in [0.25, 0.3) is 0 Å². The van der Waals surface area contributed by atoms with Gasteiger partial charge < -0.3 is 15.0 Å². The van der Waals surface area contributed by atoms with Gasteiger partial charge >= 0.3 is 0 Å². The number of hydrogen-bond donors (Lipinski definition) is 1. The van der Waals surface area contributed by atoms with Crippen LogP contribution < -0.4 is 15.0 Å². The highest BCUT2D eigenvalue weighted by Crippen LogP contribution is 2.20. The summed E-state index contributed by atoms with van der Waals surface area (Å²) in [6, 6.07) is 2.36. The van der Waals surface area contributed by atoms with Crippen LogP contribution in [0.5, 0.6) is 5.88 Å². The van der Waals surface area contributed by atoms with Gasteiger partial charge in [0.05, 0.1) is 7.11 Å². The van der Waals surface area contributed by atoms with Crippen molar-refractivity contribution in [3.05, 3.63) is 11.8 Å². The Bertz CT molecular complexity index is 389. The molecular weight excluding hydrogens is 228 g/mol. The van der Waals surface area contributed by atoms with Gasteiger partial charge in [-0.15, -0.1) is 0 Å². The van der Waals surface area contributed by atoms with Crippen molar-refractivity contribution in [2.45, 2.75) is 32.2 Å². The van der Waals surface area contributed by atoms with Crippen LogP contribution in [0.1, 0.15) is 25.0 Å². The molecule has 0 aliphatic carbocycles. The number of hydrogen-bond acceptors (Lipinski definition) is 5. The third kappa shape index (κ3) is 3.10. The Kier molecular flexibility index (Phi) is 4.36. The second-order valence-corrected chi connectivity index (χ2v) is 4.80. The summed E-state index contributed by atoms with van der Waals surface area (Å²) in [5, 5.41) is 3.43. The Morgan fingerprint density at radius 1 is 1.33 bits per heavy atom. The van der Waals surface area contributed by atoms with Crippen molar-refractivity contribution in [3.8, 4) is 5.88 Å². The standard InChI is InChI=1S/C13H22N4O/c1-10-9-12(18-3)16-13(15-10)17(2)11-5-4-7-14-8-6-11/h9,11,14H,4-8H2,1-3H3. The van der Waals surface area contributed by atoms with Gasteiger partial charge in [-0.05, 0) is 39.3 Å². The molecule has 1 aromatic rings. The second-order valence-electron chi connectivity index (χ2n) is 4.80. The number of aromatic nitrogens is 2. The van der Waals surface area contributed by atoms with Crippen molar-refractivity contribution in [2.24, 2.45) is 0 Å². The van der Waals surface area contributed by atoms with Gasteiger partial charge in [0.15, 0.2) is 0 Å². The molecule has 1 aliphatic rings. The number of nitrogens with zero attached hydrogens (tertiary/aromatic N) is 3. The van der Waals surface area contributed by atoms with E-state index < -0.39 is 0 Å². The van der Waals surface area contributed by atoms with E-state index in [2.05, 4.69) is 27.2 Å². The van der Waals surface area contributed by atoms with Crippen molar-refractivity contribution in [1.82, 2.24) is 15.3 Å². The maximum atomic E-state index is 5.21. The van der Waals surface area contributed by atoms with E-state index >= 15 is 0 Å². The number of methoxy groups -OCH3 is 1. The predicted molar refractivity (Wildman–Crippen MR) is 72.2 cm³/mol. The zero-order valence-electron chi connectivity index (χ0n) is 11.4. The van der Waals surface area contributed by atoms with Crippen LogP contribution in [-0.4, -0.2) is 43.3 Å². The predicted octanol–water partition coefficient (Wildman–Crippen LogP) is 1.37. The number of nitrogens with one attached hydrogen (secondary N) is 1. The molecule has 0 spiro atoms. The molecule has 2 heterocycles. The summed E-state index contributed by atoms with van der Waals surface area (Å²) in [5.41, 5.74) is 0.940. The van der Waals surface area contributed by atoms with Crippen LogP contribution in [-0.2, 0) is 0 Å². The van der Waals surface area contributed by atoms with Crippen LogP contribution in [0.2, 0.25) is 0 Å². The van der Waals surface area contributed by atoms with Crippen LogP contribution in [0.4, 0.5) is 5.95 Å². The topological polar surface area (TPSA) is 50.3 Å². The molecule has 0 amide bonds. The molecular formula is C13H22N4O. The van der Waals surface area contributed by atoms with Crippen molar-refractivity contribution in [3.63, 3.8) is 0 Å². The summed E-state index contributed by atoms with van der Waals surface area (Å²) in [6.07, 6.45) is 3.52. The van der Waals surface area contributed by atoms with Crippen LogP contribution in [0.15, 0.2) is 6.07 Å². The van der Waals surface area contributed by atoms with E-state index in [1.54, 1.807) is 7.11 Å². The smallest absolute Gasteiger partial charge is 0.228 e. The lowest BCUT2D eigenvalue weighted by atomic mass is 10.1. The lowest BCUT2D eigenvalue weighted by Gasteiger charge is -2.27. The molecule has 0 radical (unpaired) electrons. The molecule has 1 aliphatic heterocycles. The first-order valence-electron chi connectivity index (χ1n) is 6.54. The third-order valence-electron chi connectivity index (χ3n) is 3.44. The highest BCUT2D eigenvalue weighted by molar-refractivity contribution is 5.34. The lowest BCUT2D eigenvalue weighted by molar-refractivity contribution is 0.395. The van der Waals surface area contributed by atoms with Gasteiger partial charge in [-0.3, -0.25) is 0 Å². The average molecular weight is 250 g/mol. The summed E-state index contributed by atoms with van der Waals surface area (Å²) in [5.74, 6) is 1.40. The highest BCUT2D eigenvalue weighted by atomic mass is 16.5. The molecule has 1 aromatic heterocycles. The zero-order valence-corrected chi connectivity index (χ0v) is 11.4. The summed E-state index contributed by atoms with van der Waals surface area (Å²) in [6.45, 7) is 4.15. The molecule has 0 saturated carbocycles. The minimum absolute atomic E-state index is 0.506. The summed E-state index contributed by atoms with van der Waals surface area (Å²) >= 11 is 0. The maximum Gasteiger partial charge on any atom is 0.228 e. The monoisotopic (exact) mass is 250 g/mol. The fraction of sp³-hybridized carbons (Fsp3) is 0.692. The van der Waals surface area contributed by atoms with Crippen molar-refractivity contribution >= 4 is 5.95 Å². The Hall–Kier alpha value is -1.36. The Morgan fingerprint density at radius 3 is 2.94 bits per heavy atom. The highest BCUT2D eigenvalue weighted by Gasteiger charge is 2.19. The fourth-order valence-electron chi connectivity index (χ4n) is 2.34.